The first-order valence-electron chi connectivity index (χ1n) is 10.7. The summed E-state index contributed by atoms with van der Waals surface area (Å²) in [4.78, 5) is 4.62. The van der Waals surface area contributed by atoms with Crippen LogP contribution in [-0.2, 0) is 6.54 Å². The fraction of sp³-hybridized carbons (Fsp3) is 0.370. The lowest BCUT2D eigenvalue weighted by atomic mass is 10.0. The molecule has 0 saturated heterocycles. The van der Waals surface area contributed by atoms with E-state index in [4.69, 9.17) is 0 Å². The second-order valence-corrected chi connectivity index (χ2v) is 7.76. The Morgan fingerprint density at radius 3 is 2.86 bits per heavy atom. The average Bonchev–Trinajstić information content (AvgIpc) is 2.97. The van der Waals surface area contributed by atoms with Gasteiger partial charge < -0.3 is 5.32 Å². The molecule has 2 aliphatic rings. The maximum atomic E-state index is 4.62. The number of aliphatic imine (C=N–C) groups is 1. The third-order valence-corrected chi connectivity index (χ3v) is 5.11. The summed E-state index contributed by atoms with van der Waals surface area (Å²) < 4.78 is 0. The van der Waals surface area contributed by atoms with Gasteiger partial charge in [0, 0.05) is 44.5 Å². The highest BCUT2D eigenvalue weighted by Crippen LogP contribution is 2.14. The minimum absolute atomic E-state index is 0.503. The summed E-state index contributed by atoms with van der Waals surface area (Å²) in [6.45, 7) is 4.74. The first-order chi connectivity index (χ1) is 14.3. The Morgan fingerprint density at radius 1 is 1.17 bits per heavy atom. The van der Waals surface area contributed by atoms with Gasteiger partial charge in [-0.25, -0.2) is 0 Å². The Bertz CT molecular complexity index is 857. The summed E-state index contributed by atoms with van der Waals surface area (Å²) in [5.74, 6) is 7.03. The van der Waals surface area contributed by atoms with Crippen LogP contribution in [0.1, 0.15) is 43.2 Å². The zero-order valence-electron chi connectivity index (χ0n) is 17.5. The molecule has 2 aliphatic carbocycles. The van der Waals surface area contributed by atoms with Crippen LogP contribution in [0.3, 0.4) is 0 Å². The first-order valence-corrected chi connectivity index (χ1v) is 10.7. The minimum Gasteiger partial charge on any atom is -0.312 e. The van der Waals surface area contributed by atoms with Crippen LogP contribution in [0.5, 0.6) is 0 Å². The molecule has 0 radical (unpaired) electrons. The molecule has 1 N–H and O–H groups in total. The SMILES string of the molecule is Cc1cccc(C/N=C/C/C2=C/C(CNCC3C=CCCC=C3)=C\CC#CC2)c1. The number of nitrogens with zero attached hydrogens (tertiary/aromatic N) is 1. The quantitative estimate of drug-likeness (QED) is 0.346. The van der Waals surface area contributed by atoms with Gasteiger partial charge in [0.2, 0.25) is 0 Å². The number of nitrogens with one attached hydrogen (secondary N) is 1. The van der Waals surface area contributed by atoms with Gasteiger partial charge in [-0.1, -0.05) is 83.7 Å². The largest absolute Gasteiger partial charge is 0.312 e. The minimum atomic E-state index is 0.503. The predicted octanol–water partition coefficient (Wildman–Crippen LogP) is 5.72. The van der Waals surface area contributed by atoms with E-state index in [0.717, 1.165) is 51.7 Å². The van der Waals surface area contributed by atoms with Gasteiger partial charge in [-0.05, 0) is 30.9 Å². The topological polar surface area (TPSA) is 24.4 Å². The van der Waals surface area contributed by atoms with Crippen LogP contribution >= 0.6 is 0 Å². The summed E-state index contributed by atoms with van der Waals surface area (Å²) in [6.07, 6.45) is 20.7. The van der Waals surface area contributed by atoms with Gasteiger partial charge in [0.1, 0.15) is 0 Å². The summed E-state index contributed by atoms with van der Waals surface area (Å²) in [5, 5.41) is 3.62. The van der Waals surface area contributed by atoms with E-state index in [1.165, 1.54) is 22.3 Å². The molecular weight excluding hydrogens is 352 g/mol. The lowest BCUT2D eigenvalue weighted by molar-refractivity contribution is 0.663. The molecule has 0 heterocycles. The predicted molar refractivity (Wildman–Crippen MR) is 125 cm³/mol. The normalized spacial score (nSPS) is 20.7. The Morgan fingerprint density at radius 2 is 2.03 bits per heavy atom. The highest BCUT2D eigenvalue weighted by atomic mass is 14.9. The molecule has 2 heteroatoms. The smallest absolute Gasteiger partial charge is 0.0636 e. The number of hydrogen-bond acceptors (Lipinski definition) is 2. The van der Waals surface area contributed by atoms with Crippen LogP contribution in [0, 0.1) is 24.7 Å². The molecule has 0 aliphatic heterocycles. The van der Waals surface area contributed by atoms with Crippen LogP contribution in [0.2, 0.25) is 0 Å². The molecule has 1 aromatic rings. The molecule has 29 heavy (non-hydrogen) atoms. The van der Waals surface area contributed by atoms with E-state index in [0.29, 0.717) is 5.92 Å². The van der Waals surface area contributed by atoms with Crippen molar-refractivity contribution in [3.63, 3.8) is 0 Å². The maximum Gasteiger partial charge on any atom is 0.0636 e. The highest BCUT2D eigenvalue weighted by molar-refractivity contribution is 5.62. The van der Waals surface area contributed by atoms with Crippen LogP contribution in [0.4, 0.5) is 0 Å². The van der Waals surface area contributed by atoms with E-state index in [1.807, 2.05) is 6.21 Å². The lowest BCUT2D eigenvalue weighted by Gasteiger charge is -2.12. The summed E-state index contributed by atoms with van der Waals surface area (Å²) in [6, 6.07) is 8.55. The van der Waals surface area contributed by atoms with Crippen molar-refractivity contribution in [3.8, 4) is 11.8 Å². The monoisotopic (exact) mass is 384 g/mol. The molecular formula is C27H32N2. The van der Waals surface area contributed by atoms with E-state index in [9.17, 15) is 0 Å². The molecule has 3 rings (SSSR count). The van der Waals surface area contributed by atoms with Crippen molar-refractivity contribution >= 4 is 6.21 Å². The molecule has 1 aromatic carbocycles. The number of benzene rings is 1. The lowest BCUT2D eigenvalue weighted by Crippen LogP contribution is -2.22. The summed E-state index contributed by atoms with van der Waals surface area (Å²) in [5.41, 5.74) is 5.22. The third-order valence-electron chi connectivity index (χ3n) is 5.11. The van der Waals surface area contributed by atoms with Gasteiger partial charge in [0.25, 0.3) is 0 Å². The number of allylic oxidation sites excluding steroid dienone is 4. The average molecular weight is 385 g/mol. The number of aryl methyl sites for hydroxylation is 1. The van der Waals surface area contributed by atoms with Crippen molar-refractivity contribution in [2.24, 2.45) is 10.9 Å². The van der Waals surface area contributed by atoms with Gasteiger partial charge in [0.05, 0.1) is 6.54 Å². The molecule has 0 atom stereocenters. The molecule has 0 aromatic heterocycles. The van der Waals surface area contributed by atoms with Crippen LogP contribution in [0.25, 0.3) is 0 Å². The van der Waals surface area contributed by atoms with Crippen LogP contribution < -0.4 is 5.32 Å². The first kappa shape index (κ1) is 21.1. The Balaban J connectivity index is 1.50. The van der Waals surface area contributed by atoms with Crippen LogP contribution in [0.15, 0.2) is 76.9 Å². The molecule has 0 spiro atoms. The third kappa shape index (κ3) is 8.10. The van der Waals surface area contributed by atoms with Crippen molar-refractivity contribution < 1.29 is 0 Å². The van der Waals surface area contributed by atoms with Crippen LogP contribution in [-0.4, -0.2) is 19.3 Å². The van der Waals surface area contributed by atoms with E-state index in [-0.39, 0.29) is 0 Å². The molecule has 0 saturated carbocycles. The zero-order chi connectivity index (χ0) is 20.2. The second kappa shape index (κ2) is 12.0. The Labute approximate surface area is 176 Å². The van der Waals surface area contributed by atoms with Gasteiger partial charge >= 0.3 is 0 Å². The molecule has 2 nitrogen and oxygen atoms in total. The fourth-order valence-electron chi connectivity index (χ4n) is 3.54. The standard InChI is InChI=1S/C27H32N2/c1-23-10-9-15-26(18-23)21-28-17-16-24-11-7-4-8-14-27(19-24)22-29-20-25-12-5-2-3-6-13-25/h5-6,9-10,12-15,17-19,25,29H,2-3,8,11,16,20-22H2,1H3/b24-19+,27-14+,28-17+. The molecule has 0 bridgehead atoms. The van der Waals surface area contributed by atoms with Gasteiger partial charge in [-0.2, -0.15) is 0 Å². The summed E-state index contributed by atoms with van der Waals surface area (Å²) in [7, 11) is 0. The highest BCUT2D eigenvalue weighted by Gasteiger charge is 2.04. The van der Waals surface area contributed by atoms with Crippen molar-refractivity contribution in [1.29, 1.82) is 0 Å². The van der Waals surface area contributed by atoms with E-state index >= 15 is 0 Å². The second-order valence-electron chi connectivity index (χ2n) is 7.76. The van der Waals surface area contributed by atoms with Gasteiger partial charge in [-0.15, -0.1) is 0 Å². The fourth-order valence-corrected chi connectivity index (χ4v) is 3.54. The van der Waals surface area contributed by atoms with Crippen molar-refractivity contribution in [3.05, 3.63) is 83.0 Å². The Kier molecular flexibility index (Phi) is 8.76. The van der Waals surface area contributed by atoms with E-state index in [1.54, 1.807) is 0 Å². The molecule has 0 unspecified atom stereocenters. The van der Waals surface area contributed by atoms with Gasteiger partial charge in [-0.3, -0.25) is 4.99 Å². The Hall–Kier alpha value is -2.63. The maximum absolute atomic E-state index is 4.62. The van der Waals surface area contributed by atoms with Gasteiger partial charge in [0.15, 0.2) is 0 Å². The van der Waals surface area contributed by atoms with E-state index < -0.39 is 0 Å². The molecule has 0 amide bonds. The van der Waals surface area contributed by atoms with Crippen molar-refractivity contribution in [1.82, 2.24) is 5.32 Å². The molecule has 0 fully saturated rings. The van der Waals surface area contributed by atoms with Crippen molar-refractivity contribution in [2.45, 2.75) is 45.6 Å². The number of rotatable bonds is 8. The van der Waals surface area contributed by atoms with E-state index in [2.05, 4.69) is 89.8 Å². The summed E-state index contributed by atoms with van der Waals surface area (Å²) >= 11 is 0. The number of hydrogen-bond donors (Lipinski definition) is 1. The van der Waals surface area contributed by atoms with Crippen molar-refractivity contribution in [2.75, 3.05) is 13.1 Å². The zero-order valence-corrected chi connectivity index (χ0v) is 17.5. The molecule has 150 valence electrons.